The van der Waals surface area contributed by atoms with E-state index < -0.39 is 9.85 Å². The third-order valence-electron chi connectivity index (χ3n) is 3.75. The minimum absolute atomic E-state index is 0.206. The van der Waals surface area contributed by atoms with Gasteiger partial charge in [-0.2, -0.15) is 0 Å². The van der Waals surface area contributed by atoms with Crippen LogP contribution in [0.5, 0.6) is 0 Å². The van der Waals surface area contributed by atoms with Crippen molar-refractivity contribution in [2.45, 2.75) is 19.9 Å². The van der Waals surface area contributed by atoms with Crippen LogP contribution in [-0.2, 0) is 0 Å². The van der Waals surface area contributed by atoms with Gasteiger partial charge < -0.3 is 4.90 Å². The number of non-ortho nitro benzene ring substituents is 1. The van der Waals surface area contributed by atoms with E-state index in [0.717, 1.165) is 19.2 Å². The van der Waals surface area contributed by atoms with Crippen LogP contribution < -0.4 is 4.90 Å². The second-order valence-electron chi connectivity index (χ2n) is 5.30. The van der Waals surface area contributed by atoms with Gasteiger partial charge in [-0.05, 0) is 19.9 Å². The van der Waals surface area contributed by atoms with E-state index >= 15 is 0 Å². The molecule has 0 spiro atoms. The van der Waals surface area contributed by atoms with E-state index in [-0.39, 0.29) is 11.4 Å². The zero-order valence-electron chi connectivity index (χ0n) is 12.1. The molecule has 21 heavy (non-hydrogen) atoms. The predicted molar refractivity (Wildman–Crippen MR) is 78.7 cm³/mol. The summed E-state index contributed by atoms with van der Waals surface area (Å²) < 4.78 is 0. The molecule has 0 atom stereocenters. The first-order valence-electron chi connectivity index (χ1n) is 6.82. The van der Waals surface area contributed by atoms with Crippen LogP contribution in [0.3, 0.4) is 0 Å². The van der Waals surface area contributed by atoms with Crippen LogP contribution in [-0.4, -0.2) is 47.0 Å². The van der Waals surface area contributed by atoms with Gasteiger partial charge in [0.1, 0.15) is 5.69 Å². The zero-order chi connectivity index (χ0) is 15.6. The van der Waals surface area contributed by atoms with Crippen molar-refractivity contribution in [2.75, 3.05) is 31.1 Å². The first-order chi connectivity index (χ1) is 9.90. The Morgan fingerprint density at radius 1 is 1.05 bits per heavy atom. The van der Waals surface area contributed by atoms with Gasteiger partial charge in [0.25, 0.3) is 11.4 Å². The molecule has 1 aromatic rings. The van der Waals surface area contributed by atoms with Gasteiger partial charge in [0, 0.05) is 38.3 Å². The van der Waals surface area contributed by atoms with Gasteiger partial charge >= 0.3 is 0 Å². The van der Waals surface area contributed by atoms with E-state index in [1.807, 2.05) is 4.90 Å². The molecule has 1 aliphatic rings. The predicted octanol–water partition coefficient (Wildman–Crippen LogP) is 2.03. The highest BCUT2D eigenvalue weighted by Crippen LogP contribution is 2.32. The summed E-state index contributed by atoms with van der Waals surface area (Å²) in [6.45, 7) is 7.24. The number of benzene rings is 1. The van der Waals surface area contributed by atoms with Crippen LogP contribution in [0.15, 0.2) is 18.2 Å². The topological polar surface area (TPSA) is 92.8 Å². The fourth-order valence-electron chi connectivity index (χ4n) is 2.52. The lowest BCUT2D eigenvalue weighted by molar-refractivity contribution is -0.393. The third-order valence-corrected chi connectivity index (χ3v) is 3.75. The Balaban J connectivity index is 2.24. The molecule has 0 bridgehead atoms. The molecular formula is C13H18N4O4. The molecule has 0 N–H and O–H groups in total. The molecule has 1 aliphatic heterocycles. The van der Waals surface area contributed by atoms with Gasteiger partial charge in [0.2, 0.25) is 0 Å². The first kappa shape index (κ1) is 15.2. The Morgan fingerprint density at radius 2 is 1.67 bits per heavy atom. The lowest BCUT2D eigenvalue weighted by Gasteiger charge is -2.37. The smallest absolute Gasteiger partial charge is 0.299 e. The van der Waals surface area contributed by atoms with Crippen molar-refractivity contribution in [3.05, 3.63) is 38.4 Å². The van der Waals surface area contributed by atoms with Crippen LogP contribution in [0.4, 0.5) is 17.1 Å². The summed E-state index contributed by atoms with van der Waals surface area (Å²) in [4.78, 5) is 24.9. The van der Waals surface area contributed by atoms with E-state index in [9.17, 15) is 20.2 Å². The molecule has 0 saturated carbocycles. The number of nitro benzene ring substituents is 2. The largest absolute Gasteiger partial charge is 0.363 e. The van der Waals surface area contributed by atoms with Crippen LogP contribution >= 0.6 is 0 Å². The molecule has 0 unspecified atom stereocenters. The summed E-state index contributed by atoms with van der Waals surface area (Å²) in [6.07, 6.45) is 0. The molecule has 0 radical (unpaired) electrons. The lowest BCUT2D eigenvalue weighted by atomic mass is 10.2. The van der Waals surface area contributed by atoms with Crippen LogP contribution in [0.25, 0.3) is 0 Å². The standard InChI is InChI=1S/C13H18N4O4/c1-10(2)14-5-7-15(8-6-14)12-4-3-11(16(18)19)9-13(12)17(20)21/h3-4,9-10H,5-8H2,1-2H3. The number of hydrogen-bond acceptors (Lipinski definition) is 6. The fourth-order valence-corrected chi connectivity index (χ4v) is 2.52. The van der Waals surface area contributed by atoms with E-state index in [1.54, 1.807) is 0 Å². The van der Waals surface area contributed by atoms with Crippen LogP contribution in [0, 0.1) is 20.2 Å². The maximum atomic E-state index is 11.2. The molecule has 114 valence electrons. The van der Waals surface area contributed by atoms with Crippen molar-refractivity contribution in [1.82, 2.24) is 4.90 Å². The second kappa shape index (κ2) is 6.04. The average Bonchev–Trinajstić information content (AvgIpc) is 2.46. The molecule has 1 aromatic carbocycles. The maximum absolute atomic E-state index is 11.2. The number of piperazine rings is 1. The zero-order valence-corrected chi connectivity index (χ0v) is 12.1. The quantitative estimate of drug-likeness (QED) is 0.623. The van der Waals surface area contributed by atoms with Crippen molar-refractivity contribution in [3.8, 4) is 0 Å². The van der Waals surface area contributed by atoms with Crippen molar-refractivity contribution in [2.24, 2.45) is 0 Å². The Labute approximate surface area is 122 Å². The molecule has 8 heteroatoms. The minimum Gasteiger partial charge on any atom is -0.363 e. The lowest BCUT2D eigenvalue weighted by Crippen LogP contribution is -2.49. The Kier molecular flexibility index (Phi) is 4.37. The van der Waals surface area contributed by atoms with Gasteiger partial charge in [0.15, 0.2) is 0 Å². The summed E-state index contributed by atoms with van der Waals surface area (Å²) in [6, 6.07) is 4.27. The van der Waals surface area contributed by atoms with Crippen LogP contribution in [0.1, 0.15) is 13.8 Å². The van der Waals surface area contributed by atoms with Gasteiger partial charge in [-0.1, -0.05) is 0 Å². The molecule has 0 aliphatic carbocycles. The van der Waals surface area contributed by atoms with E-state index in [2.05, 4.69) is 18.7 Å². The highest BCUT2D eigenvalue weighted by molar-refractivity contribution is 5.67. The molecule has 0 aromatic heterocycles. The van der Waals surface area contributed by atoms with Crippen molar-refractivity contribution in [3.63, 3.8) is 0 Å². The summed E-state index contributed by atoms with van der Waals surface area (Å²) in [5.41, 5.74) is -0.0116. The minimum atomic E-state index is -0.618. The second-order valence-corrected chi connectivity index (χ2v) is 5.30. The number of hydrogen-bond donors (Lipinski definition) is 0. The Bertz CT molecular complexity index is 553. The molecule has 1 heterocycles. The third kappa shape index (κ3) is 3.27. The van der Waals surface area contributed by atoms with Crippen molar-refractivity contribution < 1.29 is 9.85 Å². The highest BCUT2D eigenvalue weighted by atomic mass is 16.6. The Hall–Kier alpha value is -2.22. The first-order valence-corrected chi connectivity index (χ1v) is 6.82. The molecule has 1 fully saturated rings. The van der Waals surface area contributed by atoms with Gasteiger partial charge in [-0.25, -0.2) is 0 Å². The van der Waals surface area contributed by atoms with E-state index in [4.69, 9.17) is 0 Å². The van der Waals surface area contributed by atoms with Gasteiger partial charge in [-0.15, -0.1) is 0 Å². The fraction of sp³-hybridized carbons (Fsp3) is 0.538. The Morgan fingerprint density at radius 3 is 2.14 bits per heavy atom. The normalized spacial score (nSPS) is 16.2. The van der Waals surface area contributed by atoms with E-state index in [1.165, 1.54) is 12.1 Å². The summed E-state index contributed by atoms with van der Waals surface area (Å²) >= 11 is 0. The monoisotopic (exact) mass is 294 g/mol. The van der Waals surface area contributed by atoms with Crippen molar-refractivity contribution >= 4 is 17.1 Å². The summed E-state index contributed by atoms with van der Waals surface area (Å²) in [7, 11) is 0. The number of nitrogens with zero attached hydrogens (tertiary/aromatic N) is 4. The van der Waals surface area contributed by atoms with Gasteiger partial charge in [0.05, 0.1) is 15.9 Å². The molecular weight excluding hydrogens is 276 g/mol. The maximum Gasteiger partial charge on any atom is 0.299 e. The summed E-state index contributed by atoms with van der Waals surface area (Å²) in [5.74, 6) is 0. The SMILES string of the molecule is CC(C)N1CCN(c2ccc([N+](=O)[O-])cc2[N+](=O)[O-])CC1. The summed E-state index contributed by atoms with van der Waals surface area (Å²) in [5, 5.41) is 21.9. The van der Waals surface area contributed by atoms with Gasteiger partial charge in [-0.3, -0.25) is 25.1 Å². The number of nitro groups is 2. The highest BCUT2D eigenvalue weighted by Gasteiger charge is 2.26. The number of anilines is 1. The molecule has 0 amide bonds. The molecule has 8 nitrogen and oxygen atoms in total. The van der Waals surface area contributed by atoms with Crippen LogP contribution in [0.2, 0.25) is 0 Å². The molecule has 2 rings (SSSR count). The average molecular weight is 294 g/mol. The number of rotatable bonds is 4. The van der Waals surface area contributed by atoms with Crippen molar-refractivity contribution in [1.29, 1.82) is 0 Å². The molecule has 1 saturated heterocycles. The van der Waals surface area contributed by atoms with E-state index in [0.29, 0.717) is 24.8 Å².